The third-order valence-electron chi connectivity index (χ3n) is 6.06. The molecule has 0 unspecified atom stereocenters. The van der Waals surface area contributed by atoms with E-state index < -0.39 is 0 Å². The first-order chi connectivity index (χ1) is 13.7. The molecule has 0 bridgehead atoms. The summed E-state index contributed by atoms with van der Waals surface area (Å²) >= 11 is 0. The number of imidazole rings is 1. The molecule has 1 heterocycles. The topological polar surface area (TPSA) is 8.81 Å². The van der Waals surface area contributed by atoms with Crippen molar-refractivity contribution in [3.8, 4) is 0 Å². The first-order valence-corrected chi connectivity index (χ1v) is 12.8. The van der Waals surface area contributed by atoms with Crippen LogP contribution in [0.3, 0.4) is 0 Å². The Balaban J connectivity index is 1.98. The molecule has 0 spiro atoms. The highest BCUT2D eigenvalue weighted by Crippen LogP contribution is 2.14. The van der Waals surface area contributed by atoms with Gasteiger partial charge in [-0.3, -0.25) is 0 Å². The van der Waals surface area contributed by atoms with Crippen LogP contribution in [0.1, 0.15) is 142 Å². The third kappa shape index (κ3) is 11.3. The van der Waals surface area contributed by atoms with E-state index in [0.717, 1.165) is 6.54 Å². The molecule has 0 saturated heterocycles. The van der Waals surface area contributed by atoms with Crippen LogP contribution in [0, 0.1) is 0 Å². The van der Waals surface area contributed by atoms with Crippen LogP contribution in [-0.4, -0.2) is 4.57 Å². The highest BCUT2D eigenvalue weighted by molar-refractivity contribution is 4.84. The summed E-state index contributed by atoms with van der Waals surface area (Å²) in [4.78, 5) is 0. The first-order valence-electron chi connectivity index (χ1n) is 12.8. The fourth-order valence-electron chi connectivity index (χ4n) is 4.31. The van der Waals surface area contributed by atoms with E-state index in [9.17, 15) is 0 Å². The van der Waals surface area contributed by atoms with E-state index in [0.29, 0.717) is 6.04 Å². The summed E-state index contributed by atoms with van der Waals surface area (Å²) < 4.78 is 4.95. The predicted octanol–water partition coefficient (Wildman–Crippen LogP) is 8.18. The number of nitrogens with zero attached hydrogens (tertiary/aromatic N) is 2. The summed E-state index contributed by atoms with van der Waals surface area (Å²) in [6, 6.07) is 0.574. The average Bonchev–Trinajstić information content (AvgIpc) is 3.08. The van der Waals surface area contributed by atoms with Crippen LogP contribution < -0.4 is 4.57 Å². The maximum Gasteiger partial charge on any atom is 0.256 e. The molecule has 0 amide bonds. The lowest BCUT2D eigenvalue weighted by Gasteiger charge is -2.07. The molecule has 0 atom stereocenters. The van der Waals surface area contributed by atoms with Crippen molar-refractivity contribution >= 4 is 0 Å². The Morgan fingerprint density at radius 2 is 1.14 bits per heavy atom. The Morgan fingerprint density at radius 1 is 0.679 bits per heavy atom. The van der Waals surface area contributed by atoms with Crippen molar-refractivity contribution in [2.24, 2.45) is 0 Å². The Morgan fingerprint density at radius 3 is 1.57 bits per heavy atom. The second-order valence-electron chi connectivity index (χ2n) is 9.11. The number of aromatic nitrogens is 2. The fraction of sp³-hybridized carbons (Fsp3) is 0.885. The van der Waals surface area contributed by atoms with Crippen molar-refractivity contribution in [2.75, 3.05) is 0 Å². The van der Waals surface area contributed by atoms with Crippen molar-refractivity contribution in [3.63, 3.8) is 0 Å². The van der Waals surface area contributed by atoms with Gasteiger partial charge < -0.3 is 0 Å². The second-order valence-corrected chi connectivity index (χ2v) is 9.11. The first kappa shape index (κ1) is 25.2. The zero-order chi connectivity index (χ0) is 20.5. The largest absolute Gasteiger partial charge is 0.256 e. The van der Waals surface area contributed by atoms with Crippen LogP contribution in [0.5, 0.6) is 0 Å². The highest BCUT2D eigenvalue weighted by atomic mass is 15.2. The van der Waals surface area contributed by atoms with E-state index in [1.54, 1.807) is 0 Å². The van der Waals surface area contributed by atoms with E-state index in [2.05, 4.69) is 49.2 Å². The van der Waals surface area contributed by atoms with Gasteiger partial charge >= 0.3 is 0 Å². The van der Waals surface area contributed by atoms with Gasteiger partial charge in [-0.2, -0.15) is 0 Å². The van der Waals surface area contributed by atoms with Crippen LogP contribution in [0.25, 0.3) is 0 Å². The van der Waals surface area contributed by atoms with E-state index >= 15 is 0 Å². The molecule has 0 saturated carbocycles. The Labute approximate surface area is 177 Å². The van der Waals surface area contributed by atoms with Gasteiger partial charge in [0.1, 0.15) is 12.4 Å². The van der Waals surface area contributed by atoms with Crippen LogP contribution in [0.4, 0.5) is 0 Å². The number of hydrogen-bond acceptors (Lipinski definition) is 0. The van der Waals surface area contributed by atoms with Crippen molar-refractivity contribution in [1.82, 2.24) is 4.57 Å². The highest BCUT2D eigenvalue weighted by Gasteiger charge is 2.18. The Kier molecular flexibility index (Phi) is 15.4. The molecular formula is C26H51N2+. The minimum atomic E-state index is 0.574. The summed E-state index contributed by atoms with van der Waals surface area (Å²) in [6.07, 6.45) is 28.6. The lowest BCUT2D eigenvalue weighted by molar-refractivity contribution is -0.722. The van der Waals surface area contributed by atoms with Gasteiger partial charge in [0.2, 0.25) is 0 Å². The van der Waals surface area contributed by atoms with Crippen molar-refractivity contribution in [3.05, 3.63) is 18.2 Å². The van der Waals surface area contributed by atoms with Crippen molar-refractivity contribution < 1.29 is 4.57 Å². The van der Waals surface area contributed by atoms with Crippen LogP contribution in [-0.2, 0) is 13.0 Å². The standard InChI is InChI=1S/C26H51N2/c1-5-7-8-9-10-11-12-13-14-15-16-17-18-19-20-21-26-27(22-6-2)23-24-28(26)25(3)4/h23-25H,5-22H2,1-4H3/q+1. The molecule has 2 nitrogen and oxygen atoms in total. The summed E-state index contributed by atoms with van der Waals surface area (Å²) in [5, 5.41) is 0. The molecule has 28 heavy (non-hydrogen) atoms. The normalized spacial score (nSPS) is 11.6. The Hall–Kier alpha value is -0.790. The summed E-state index contributed by atoms with van der Waals surface area (Å²) in [5.41, 5.74) is 0. The summed E-state index contributed by atoms with van der Waals surface area (Å²) in [6.45, 7) is 10.3. The van der Waals surface area contributed by atoms with E-state index in [1.807, 2.05) is 0 Å². The molecule has 0 aliphatic heterocycles. The smallest absolute Gasteiger partial charge is 0.234 e. The fourth-order valence-corrected chi connectivity index (χ4v) is 4.31. The Bertz CT molecular complexity index is 461. The van der Waals surface area contributed by atoms with Crippen LogP contribution in [0.15, 0.2) is 12.4 Å². The summed E-state index contributed by atoms with van der Waals surface area (Å²) in [5.74, 6) is 1.53. The van der Waals surface area contributed by atoms with E-state index in [-0.39, 0.29) is 0 Å². The van der Waals surface area contributed by atoms with Gasteiger partial charge in [-0.15, -0.1) is 0 Å². The van der Waals surface area contributed by atoms with Gasteiger partial charge in [0.25, 0.3) is 5.82 Å². The molecule has 0 aromatic carbocycles. The maximum absolute atomic E-state index is 2.48. The number of unbranched alkanes of at least 4 members (excludes halogenated alkanes) is 14. The van der Waals surface area contributed by atoms with Gasteiger partial charge in [0.05, 0.1) is 12.6 Å². The lowest BCUT2D eigenvalue weighted by atomic mass is 10.0. The molecule has 0 aliphatic rings. The van der Waals surface area contributed by atoms with Gasteiger partial charge in [0.15, 0.2) is 0 Å². The monoisotopic (exact) mass is 391 g/mol. The minimum Gasteiger partial charge on any atom is -0.234 e. The molecule has 0 radical (unpaired) electrons. The lowest BCUT2D eigenvalue weighted by Crippen LogP contribution is -2.39. The molecule has 1 aromatic heterocycles. The molecule has 0 aliphatic carbocycles. The second kappa shape index (κ2) is 17.1. The number of rotatable bonds is 19. The molecular weight excluding hydrogens is 340 g/mol. The molecule has 1 rings (SSSR count). The molecule has 1 aromatic rings. The van der Waals surface area contributed by atoms with Gasteiger partial charge in [-0.1, -0.05) is 104 Å². The molecule has 164 valence electrons. The van der Waals surface area contributed by atoms with E-state index in [1.165, 1.54) is 115 Å². The molecule has 2 heteroatoms. The quantitative estimate of drug-likeness (QED) is 0.166. The van der Waals surface area contributed by atoms with Crippen molar-refractivity contribution in [2.45, 2.75) is 149 Å². The number of aryl methyl sites for hydroxylation is 1. The average molecular weight is 392 g/mol. The zero-order valence-electron chi connectivity index (χ0n) is 19.9. The maximum atomic E-state index is 2.48. The third-order valence-corrected chi connectivity index (χ3v) is 6.06. The molecule has 0 N–H and O–H groups in total. The van der Waals surface area contributed by atoms with Gasteiger partial charge in [-0.25, -0.2) is 9.13 Å². The number of hydrogen-bond donors (Lipinski definition) is 0. The SMILES string of the molecule is CCCCCCCCCCCCCCCCCc1n(CCC)cc[n+]1C(C)C. The van der Waals surface area contributed by atoms with Crippen molar-refractivity contribution in [1.29, 1.82) is 0 Å². The van der Waals surface area contributed by atoms with Gasteiger partial charge in [0, 0.05) is 6.42 Å². The summed E-state index contributed by atoms with van der Waals surface area (Å²) in [7, 11) is 0. The minimum absolute atomic E-state index is 0.574. The van der Waals surface area contributed by atoms with Crippen LogP contribution in [0.2, 0.25) is 0 Å². The molecule has 0 fully saturated rings. The predicted molar refractivity (Wildman–Crippen MR) is 124 cm³/mol. The zero-order valence-corrected chi connectivity index (χ0v) is 19.9. The van der Waals surface area contributed by atoms with Gasteiger partial charge in [-0.05, 0) is 26.7 Å². The van der Waals surface area contributed by atoms with E-state index in [4.69, 9.17) is 0 Å². The van der Waals surface area contributed by atoms with Crippen LogP contribution >= 0.6 is 0 Å².